The third kappa shape index (κ3) is 7.18. The smallest absolute Gasteiger partial charge is 0.224 e. The molecule has 0 bridgehead atoms. The third-order valence-corrected chi connectivity index (χ3v) is 4.22. The van der Waals surface area contributed by atoms with Crippen molar-refractivity contribution >= 4 is 24.0 Å². The minimum Gasteiger partial charge on any atom is -0.379 e. The van der Waals surface area contributed by atoms with E-state index in [1.165, 1.54) is 0 Å². The number of amides is 1. The van der Waals surface area contributed by atoms with Crippen LogP contribution in [0.25, 0.3) is 0 Å². The van der Waals surface area contributed by atoms with Gasteiger partial charge in [-0.3, -0.25) is 4.79 Å². The third-order valence-electron chi connectivity index (χ3n) is 4.22. The summed E-state index contributed by atoms with van der Waals surface area (Å²) < 4.78 is 10.8. The number of carbonyl (C=O) groups excluding carboxylic acids is 1. The first-order valence-electron chi connectivity index (χ1n) is 8.49. The number of hydrogen-bond acceptors (Lipinski definition) is 4. The van der Waals surface area contributed by atoms with E-state index < -0.39 is 0 Å². The fraction of sp³-hybridized carbons (Fsp3) is 0.611. The second kappa shape index (κ2) is 11.4. The molecule has 1 saturated carbocycles. The van der Waals surface area contributed by atoms with Gasteiger partial charge in [-0.25, -0.2) is 0 Å². The van der Waals surface area contributed by atoms with Crippen molar-refractivity contribution in [3.63, 3.8) is 0 Å². The molecule has 1 amide bonds. The Morgan fingerprint density at radius 3 is 2.79 bits per heavy atom. The van der Waals surface area contributed by atoms with Gasteiger partial charge in [0.15, 0.2) is 0 Å². The molecular formula is C18H29ClN2O3. The van der Waals surface area contributed by atoms with Crippen LogP contribution in [-0.2, 0) is 20.9 Å². The first kappa shape index (κ1) is 20.9. The quantitative estimate of drug-likeness (QED) is 0.667. The van der Waals surface area contributed by atoms with Crippen molar-refractivity contribution < 1.29 is 14.3 Å². The molecule has 1 aromatic carbocycles. The molecule has 0 unspecified atom stereocenters. The van der Waals surface area contributed by atoms with Gasteiger partial charge in [0.05, 0.1) is 19.8 Å². The Morgan fingerprint density at radius 2 is 2.08 bits per heavy atom. The lowest BCUT2D eigenvalue weighted by atomic mass is 10.00. The highest BCUT2D eigenvalue weighted by molar-refractivity contribution is 5.91. The summed E-state index contributed by atoms with van der Waals surface area (Å²) in [6, 6.07) is 7.94. The van der Waals surface area contributed by atoms with E-state index in [0.717, 1.165) is 30.5 Å². The number of nitrogens with one attached hydrogen (secondary N) is 1. The Bertz CT molecular complexity index is 499. The molecule has 2 rings (SSSR count). The molecule has 5 nitrogen and oxygen atoms in total. The number of hydrogen-bond donors (Lipinski definition) is 2. The first-order valence-corrected chi connectivity index (χ1v) is 8.49. The van der Waals surface area contributed by atoms with Crippen LogP contribution in [0.4, 0.5) is 5.69 Å². The van der Waals surface area contributed by atoms with Crippen LogP contribution in [0, 0.1) is 5.92 Å². The van der Waals surface area contributed by atoms with E-state index in [1.54, 1.807) is 0 Å². The highest BCUT2D eigenvalue weighted by atomic mass is 35.5. The molecular weight excluding hydrogens is 328 g/mol. The summed E-state index contributed by atoms with van der Waals surface area (Å²) >= 11 is 0. The molecule has 2 atom stereocenters. The predicted molar refractivity (Wildman–Crippen MR) is 98.4 cm³/mol. The highest BCUT2D eigenvalue weighted by Crippen LogP contribution is 2.27. The zero-order valence-electron chi connectivity index (χ0n) is 14.3. The van der Waals surface area contributed by atoms with Crippen LogP contribution >= 0.6 is 12.4 Å². The topological polar surface area (TPSA) is 73.6 Å². The van der Waals surface area contributed by atoms with Crippen molar-refractivity contribution in [1.29, 1.82) is 0 Å². The fourth-order valence-electron chi connectivity index (χ4n) is 2.96. The zero-order chi connectivity index (χ0) is 16.5. The normalized spacial score (nSPS) is 19.8. The van der Waals surface area contributed by atoms with Gasteiger partial charge in [-0.05, 0) is 43.4 Å². The molecule has 0 spiro atoms. The summed E-state index contributed by atoms with van der Waals surface area (Å²) in [4.78, 5) is 12.1. The monoisotopic (exact) mass is 356 g/mol. The molecule has 0 saturated heterocycles. The van der Waals surface area contributed by atoms with E-state index >= 15 is 0 Å². The maximum atomic E-state index is 12.1. The second-order valence-electron chi connectivity index (χ2n) is 6.06. The molecule has 3 N–H and O–H groups in total. The summed E-state index contributed by atoms with van der Waals surface area (Å²) in [6.07, 6.45) is 3.73. The van der Waals surface area contributed by atoms with Gasteiger partial charge in [0.25, 0.3) is 0 Å². The summed E-state index contributed by atoms with van der Waals surface area (Å²) in [6.45, 7) is 4.36. The van der Waals surface area contributed by atoms with Crippen molar-refractivity contribution in [3.8, 4) is 0 Å². The molecule has 136 valence electrons. The van der Waals surface area contributed by atoms with Gasteiger partial charge in [-0.15, -0.1) is 12.4 Å². The molecule has 1 aromatic rings. The van der Waals surface area contributed by atoms with Gasteiger partial charge in [-0.2, -0.15) is 0 Å². The number of rotatable bonds is 9. The van der Waals surface area contributed by atoms with Crippen LogP contribution in [0.1, 0.15) is 38.2 Å². The minimum absolute atomic E-state index is 0. The molecule has 1 aliphatic rings. The lowest BCUT2D eigenvalue weighted by Gasteiger charge is -2.15. The fourth-order valence-corrected chi connectivity index (χ4v) is 2.96. The zero-order valence-corrected chi connectivity index (χ0v) is 15.1. The molecule has 1 aliphatic carbocycles. The average molecular weight is 357 g/mol. The number of benzene rings is 1. The van der Waals surface area contributed by atoms with Crippen LogP contribution in [0.15, 0.2) is 24.3 Å². The van der Waals surface area contributed by atoms with Crippen LogP contribution in [0.3, 0.4) is 0 Å². The lowest BCUT2D eigenvalue weighted by molar-refractivity contribution is -0.117. The van der Waals surface area contributed by atoms with Gasteiger partial charge in [0.2, 0.25) is 5.91 Å². The number of ether oxygens (including phenoxy) is 2. The van der Waals surface area contributed by atoms with Crippen molar-refractivity contribution in [3.05, 3.63) is 29.8 Å². The number of nitrogens with two attached hydrogens (primary N) is 1. The maximum Gasteiger partial charge on any atom is 0.224 e. The number of anilines is 1. The maximum absolute atomic E-state index is 12.1. The lowest BCUT2D eigenvalue weighted by Crippen LogP contribution is -2.28. The molecule has 0 aromatic heterocycles. The Kier molecular flexibility index (Phi) is 9.95. The van der Waals surface area contributed by atoms with E-state index in [4.69, 9.17) is 15.2 Å². The summed E-state index contributed by atoms with van der Waals surface area (Å²) in [5, 5.41) is 2.97. The Hall–Kier alpha value is -1.14. The van der Waals surface area contributed by atoms with Crippen molar-refractivity contribution in [2.75, 3.05) is 25.1 Å². The van der Waals surface area contributed by atoms with Gasteiger partial charge in [0.1, 0.15) is 0 Å². The standard InChI is InChI=1S/C18H28N2O3.ClH/c1-2-22-9-10-23-13-14-5-3-7-16(11-14)20-18(21)12-15-6-4-8-17(15)19;/h3,5,7,11,15,17H,2,4,6,8-10,12-13,19H2,1H3,(H,20,21);1H/t15-,17+;/m0./s1. The molecule has 0 heterocycles. The van der Waals surface area contributed by atoms with Crippen molar-refractivity contribution in [2.24, 2.45) is 11.7 Å². The largest absolute Gasteiger partial charge is 0.379 e. The summed E-state index contributed by atoms with van der Waals surface area (Å²) in [7, 11) is 0. The first-order chi connectivity index (χ1) is 11.2. The Morgan fingerprint density at radius 1 is 1.29 bits per heavy atom. The van der Waals surface area contributed by atoms with E-state index in [2.05, 4.69) is 5.32 Å². The van der Waals surface area contributed by atoms with Gasteiger partial charge < -0.3 is 20.5 Å². The molecule has 24 heavy (non-hydrogen) atoms. The van der Waals surface area contributed by atoms with Gasteiger partial charge in [-0.1, -0.05) is 18.6 Å². The molecule has 0 radical (unpaired) electrons. The summed E-state index contributed by atoms with van der Waals surface area (Å²) in [5.41, 5.74) is 7.88. The minimum atomic E-state index is 0. The van der Waals surface area contributed by atoms with Crippen LogP contribution in [0.2, 0.25) is 0 Å². The second-order valence-corrected chi connectivity index (χ2v) is 6.06. The molecule has 1 fully saturated rings. The predicted octanol–water partition coefficient (Wildman–Crippen LogP) is 3.12. The van der Waals surface area contributed by atoms with Crippen LogP contribution in [-0.4, -0.2) is 31.8 Å². The van der Waals surface area contributed by atoms with Gasteiger partial charge >= 0.3 is 0 Å². The summed E-state index contributed by atoms with van der Waals surface area (Å²) in [5.74, 6) is 0.363. The van der Waals surface area contributed by atoms with E-state index in [-0.39, 0.29) is 24.4 Å². The van der Waals surface area contributed by atoms with Crippen LogP contribution in [0.5, 0.6) is 0 Å². The Balaban J connectivity index is 0.00000288. The van der Waals surface area contributed by atoms with Gasteiger partial charge in [0, 0.05) is 24.8 Å². The SMILES string of the molecule is CCOCCOCc1cccc(NC(=O)C[C@@H]2CCC[C@H]2N)c1.Cl. The van der Waals surface area contributed by atoms with Crippen molar-refractivity contribution in [2.45, 2.75) is 45.3 Å². The van der Waals surface area contributed by atoms with E-state index in [9.17, 15) is 4.79 Å². The van der Waals surface area contributed by atoms with Crippen LogP contribution < -0.4 is 11.1 Å². The number of carbonyl (C=O) groups is 1. The highest BCUT2D eigenvalue weighted by Gasteiger charge is 2.25. The van der Waals surface area contributed by atoms with E-state index in [1.807, 2.05) is 31.2 Å². The Labute approximate surface area is 150 Å². The molecule has 0 aliphatic heterocycles. The van der Waals surface area contributed by atoms with E-state index in [0.29, 0.717) is 38.8 Å². The average Bonchev–Trinajstić information content (AvgIpc) is 2.92. The molecule has 6 heteroatoms. The number of halogens is 1. The van der Waals surface area contributed by atoms with Crippen molar-refractivity contribution in [1.82, 2.24) is 0 Å².